The highest BCUT2D eigenvalue weighted by molar-refractivity contribution is 9.10. The van der Waals surface area contributed by atoms with Crippen molar-refractivity contribution in [2.45, 2.75) is 0 Å². The van der Waals surface area contributed by atoms with Crippen molar-refractivity contribution in [3.8, 4) is 17.2 Å². The molecule has 0 saturated heterocycles. The van der Waals surface area contributed by atoms with E-state index < -0.39 is 0 Å². The van der Waals surface area contributed by atoms with Crippen molar-refractivity contribution in [1.82, 2.24) is 0 Å². The van der Waals surface area contributed by atoms with Gasteiger partial charge in [0.25, 0.3) is 0 Å². The number of benzene rings is 2. The third-order valence-corrected chi connectivity index (χ3v) is 3.81. The molecule has 5 heteroatoms. The van der Waals surface area contributed by atoms with Gasteiger partial charge in [-0.15, -0.1) is 0 Å². The minimum absolute atomic E-state index is 0.144. The molecule has 0 unspecified atom stereocenters. The Hall–Kier alpha value is -2.01. The number of carbonyl (C=O) groups excluding carboxylic acids is 1. The molecule has 2 aromatic rings. The maximum Gasteiger partial charge on any atom is 0.196 e. The molecule has 0 aliphatic rings. The van der Waals surface area contributed by atoms with Crippen LogP contribution in [0.1, 0.15) is 15.9 Å². The fourth-order valence-electron chi connectivity index (χ4n) is 1.99. The van der Waals surface area contributed by atoms with Crippen LogP contribution in [0.25, 0.3) is 0 Å². The second kappa shape index (κ2) is 6.63. The zero-order valence-corrected chi connectivity index (χ0v) is 13.6. The Bertz CT molecular complexity index is 667. The van der Waals surface area contributed by atoms with E-state index in [4.69, 9.17) is 14.2 Å². The standard InChI is InChI=1S/C16H15BrO4/c1-19-11-6-4-5-10(9-11)15(18)12-7-8-13(20-2)14(17)16(12)21-3/h4-9H,1-3H3. The summed E-state index contributed by atoms with van der Waals surface area (Å²) >= 11 is 3.39. The molecule has 0 aliphatic carbocycles. The lowest BCUT2D eigenvalue weighted by atomic mass is 10.0. The highest BCUT2D eigenvalue weighted by Crippen LogP contribution is 2.38. The van der Waals surface area contributed by atoms with E-state index in [1.165, 1.54) is 7.11 Å². The van der Waals surface area contributed by atoms with E-state index in [9.17, 15) is 4.79 Å². The van der Waals surface area contributed by atoms with Crippen LogP contribution in [-0.4, -0.2) is 27.1 Å². The summed E-state index contributed by atoms with van der Waals surface area (Å²) in [6.45, 7) is 0. The lowest BCUT2D eigenvalue weighted by molar-refractivity contribution is 0.103. The molecule has 0 N–H and O–H groups in total. The summed E-state index contributed by atoms with van der Waals surface area (Å²) in [4.78, 5) is 12.6. The Kier molecular flexibility index (Phi) is 4.85. The van der Waals surface area contributed by atoms with Gasteiger partial charge in [0.2, 0.25) is 0 Å². The highest BCUT2D eigenvalue weighted by Gasteiger charge is 2.19. The van der Waals surface area contributed by atoms with Gasteiger partial charge in [-0.25, -0.2) is 0 Å². The molecule has 0 spiro atoms. The van der Waals surface area contributed by atoms with Gasteiger partial charge in [-0.2, -0.15) is 0 Å². The van der Waals surface area contributed by atoms with E-state index in [1.807, 2.05) is 0 Å². The molecule has 2 aromatic carbocycles. The predicted molar refractivity (Wildman–Crippen MR) is 83.7 cm³/mol. The van der Waals surface area contributed by atoms with Crippen LogP contribution >= 0.6 is 15.9 Å². The maximum absolute atomic E-state index is 12.6. The molecule has 0 atom stereocenters. The number of hydrogen-bond acceptors (Lipinski definition) is 4. The van der Waals surface area contributed by atoms with Crippen molar-refractivity contribution in [2.24, 2.45) is 0 Å². The van der Waals surface area contributed by atoms with Crippen LogP contribution in [0.2, 0.25) is 0 Å². The van der Waals surface area contributed by atoms with Crippen LogP contribution in [0.15, 0.2) is 40.9 Å². The first-order chi connectivity index (χ1) is 10.1. The molecule has 0 radical (unpaired) electrons. The van der Waals surface area contributed by atoms with Crippen LogP contribution in [0.5, 0.6) is 17.2 Å². The van der Waals surface area contributed by atoms with E-state index in [0.29, 0.717) is 32.8 Å². The van der Waals surface area contributed by atoms with Gasteiger partial charge in [-0.3, -0.25) is 4.79 Å². The minimum atomic E-state index is -0.144. The molecule has 2 rings (SSSR count). The van der Waals surface area contributed by atoms with Crippen LogP contribution in [-0.2, 0) is 0 Å². The van der Waals surface area contributed by atoms with E-state index in [-0.39, 0.29) is 5.78 Å². The van der Waals surface area contributed by atoms with Crippen LogP contribution in [0.4, 0.5) is 0 Å². The van der Waals surface area contributed by atoms with E-state index in [2.05, 4.69) is 15.9 Å². The molecule has 0 amide bonds. The lowest BCUT2D eigenvalue weighted by Crippen LogP contribution is -2.05. The Morgan fingerprint density at radius 2 is 1.76 bits per heavy atom. The summed E-state index contributed by atoms with van der Waals surface area (Å²) < 4.78 is 16.3. The van der Waals surface area contributed by atoms with Crippen LogP contribution < -0.4 is 14.2 Å². The Labute approximate surface area is 131 Å². The third kappa shape index (κ3) is 3.03. The Morgan fingerprint density at radius 3 is 2.38 bits per heavy atom. The fraction of sp³-hybridized carbons (Fsp3) is 0.188. The molecular weight excluding hydrogens is 336 g/mol. The molecule has 0 fully saturated rings. The third-order valence-electron chi connectivity index (χ3n) is 3.06. The molecule has 0 aliphatic heterocycles. The normalized spacial score (nSPS) is 10.1. The highest BCUT2D eigenvalue weighted by atomic mass is 79.9. The molecule has 110 valence electrons. The topological polar surface area (TPSA) is 44.8 Å². The fourth-order valence-corrected chi connectivity index (χ4v) is 2.66. The van der Waals surface area contributed by atoms with Gasteiger partial charge in [0.05, 0.1) is 26.9 Å². The van der Waals surface area contributed by atoms with Crippen molar-refractivity contribution in [2.75, 3.05) is 21.3 Å². The van der Waals surface area contributed by atoms with Gasteiger partial charge < -0.3 is 14.2 Å². The van der Waals surface area contributed by atoms with Crippen molar-refractivity contribution in [3.63, 3.8) is 0 Å². The van der Waals surface area contributed by atoms with Gasteiger partial charge in [0.15, 0.2) is 5.78 Å². The average Bonchev–Trinajstić information content (AvgIpc) is 2.53. The summed E-state index contributed by atoms with van der Waals surface area (Å²) in [5.41, 5.74) is 0.989. The predicted octanol–water partition coefficient (Wildman–Crippen LogP) is 3.71. The molecule has 0 bridgehead atoms. The van der Waals surface area contributed by atoms with Crippen LogP contribution in [0, 0.1) is 0 Å². The molecule has 0 heterocycles. The number of ether oxygens (including phenoxy) is 3. The summed E-state index contributed by atoms with van der Waals surface area (Å²) in [7, 11) is 4.64. The number of methoxy groups -OCH3 is 3. The van der Waals surface area contributed by atoms with Crippen LogP contribution in [0.3, 0.4) is 0 Å². The first kappa shape index (κ1) is 15.4. The van der Waals surface area contributed by atoms with Gasteiger partial charge >= 0.3 is 0 Å². The zero-order chi connectivity index (χ0) is 15.4. The first-order valence-corrected chi connectivity index (χ1v) is 7.01. The quantitative estimate of drug-likeness (QED) is 0.771. The monoisotopic (exact) mass is 350 g/mol. The van der Waals surface area contributed by atoms with E-state index in [1.54, 1.807) is 50.6 Å². The SMILES string of the molecule is COc1cccc(C(=O)c2ccc(OC)c(Br)c2OC)c1. The smallest absolute Gasteiger partial charge is 0.196 e. The van der Waals surface area contributed by atoms with Crippen molar-refractivity contribution in [3.05, 3.63) is 52.0 Å². The van der Waals surface area contributed by atoms with E-state index in [0.717, 1.165) is 0 Å². The molecule has 0 aromatic heterocycles. The van der Waals surface area contributed by atoms with Crippen molar-refractivity contribution < 1.29 is 19.0 Å². The number of carbonyl (C=O) groups is 1. The molecule has 4 nitrogen and oxygen atoms in total. The number of hydrogen-bond donors (Lipinski definition) is 0. The molecular formula is C16H15BrO4. The van der Waals surface area contributed by atoms with Gasteiger partial charge in [-0.1, -0.05) is 12.1 Å². The second-order valence-electron chi connectivity index (χ2n) is 4.22. The summed E-state index contributed by atoms with van der Waals surface area (Å²) in [6, 6.07) is 10.4. The summed E-state index contributed by atoms with van der Waals surface area (Å²) in [5, 5.41) is 0. The second-order valence-corrected chi connectivity index (χ2v) is 5.02. The number of rotatable bonds is 5. The minimum Gasteiger partial charge on any atom is -0.497 e. The number of halogens is 1. The maximum atomic E-state index is 12.6. The Balaban J connectivity index is 2.50. The lowest BCUT2D eigenvalue weighted by Gasteiger charge is -2.13. The summed E-state index contributed by atoms with van der Waals surface area (Å²) in [5.74, 6) is 1.54. The van der Waals surface area contributed by atoms with Crippen molar-refractivity contribution in [1.29, 1.82) is 0 Å². The van der Waals surface area contributed by atoms with Gasteiger partial charge in [0.1, 0.15) is 21.7 Å². The van der Waals surface area contributed by atoms with E-state index >= 15 is 0 Å². The average molecular weight is 351 g/mol. The zero-order valence-electron chi connectivity index (χ0n) is 12.0. The van der Waals surface area contributed by atoms with Gasteiger partial charge in [-0.05, 0) is 40.2 Å². The Morgan fingerprint density at radius 1 is 1.00 bits per heavy atom. The number of ketones is 1. The molecule has 0 saturated carbocycles. The summed E-state index contributed by atoms with van der Waals surface area (Å²) in [6.07, 6.45) is 0. The largest absolute Gasteiger partial charge is 0.497 e. The molecule has 21 heavy (non-hydrogen) atoms. The van der Waals surface area contributed by atoms with Gasteiger partial charge in [0, 0.05) is 5.56 Å². The first-order valence-electron chi connectivity index (χ1n) is 6.21. The van der Waals surface area contributed by atoms with Crippen molar-refractivity contribution >= 4 is 21.7 Å².